The minimum Gasteiger partial charge on any atom is -0.459 e. The molecule has 29 heavy (non-hydrogen) atoms. The number of aryl methyl sites for hydroxylation is 4. The van der Waals surface area contributed by atoms with E-state index in [1.807, 2.05) is 32.6 Å². The van der Waals surface area contributed by atoms with Crippen LogP contribution in [0.2, 0.25) is 0 Å². The molecule has 1 fully saturated rings. The lowest BCUT2D eigenvalue weighted by Gasteiger charge is -2.32. The summed E-state index contributed by atoms with van der Waals surface area (Å²) in [6.07, 6.45) is 2.96. The van der Waals surface area contributed by atoms with Gasteiger partial charge in [0, 0.05) is 35.8 Å². The molecule has 3 aromatic rings. The Morgan fingerprint density at radius 2 is 1.90 bits per heavy atom. The molecule has 0 spiro atoms. The molecule has 0 saturated carbocycles. The van der Waals surface area contributed by atoms with Gasteiger partial charge in [-0.25, -0.2) is 9.97 Å². The molecule has 1 aliphatic heterocycles. The molecule has 152 valence electrons. The molecule has 0 atom stereocenters. The van der Waals surface area contributed by atoms with Crippen LogP contribution in [0.1, 0.15) is 55.7 Å². The van der Waals surface area contributed by atoms with E-state index in [9.17, 15) is 9.59 Å². The van der Waals surface area contributed by atoms with E-state index in [2.05, 4.69) is 15.3 Å². The molecule has 1 saturated heterocycles. The Bertz CT molecular complexity index is 1090. The smallest absolute Gasteiger partial charge is 0.287 e. The van der Waals surface area contributed by atoms with Gasteiger partial charge in [-0.05, 0) is 52.2 Å². The molecular weight excluding hydrogens is 388 g/mol. The fraction of sp³-hybridized carbons (Fsp3) is 0.429. The summed E-state index contributed by atoms with van der Waals surface area (Å²) < 4.78 is 5.26. The van der Waals surface area contributed by atoms with Crippen LogP contribution < -0.4 is 5.32 Å². The second-order valence-electron chi connectivity index (χ2n) is 7.57. The highest BCUT2D eigenvalue weighted by Crippen LogP contribution is 2.32. The summed E-state index contributed by atoms with van der Waals surface area (Å²) in [4.78, 5) is 37.9. The van der Waals surface area contributed by atoms with E-state index >= 15 is 0 Å². The Labute approximate surface area is 173 Å². The standard InChI is InChI=1S/C21H24N4O3S/c1-11-7-10-28-17(11)19(26)24-15-5-8-25(9-6-15)21(27)18-12(2)16-13(3)22-14(4)23-20(16)29-18/h7,10,15H,5-6,8-9H2,1-4H3,(H,24,26). The molecule has 2 amide bonds. The van der Waals surface area contributed by atoms with Crippen molar-refractivity contribution < 1.29 is 14.0 Å². The van der Waals surface area contributed by atoms with Crippen molar-refractivity contribution in [1.82, 2.24) is 20.2 Å². The van der Waals surface area contributed by atoms with Crippen molar-refractivity contribution in [1.29, 1.82) is 0 Å². The van der Waals surface area contributed by atoms with Crippen molar-refractivity contribution in [2.24, 2.45) is 0 Å². The maximum atomic E-state index is 13.1. The van der Waals surface area contributed by atoms with Crippen molar-refractivity contribution in [3.05, 3.63) is 45.6 Å². The topological polar surface area (TPSA) is 88.3 Å². The van der Waals surface area contributed by atoms with E-state index in [1.54, 1.807) is 6.07 Å². The van der Waals surface area contributed by atoms with E-state index in [4.69, 9.17) is 4.42 Å². The van der Waals surface area contributed by atoms with Crippen molar-refractivity contribution in [3.63, 3.8) is 0 Å². The molecule has 0 aromatic carbocycles. The number of likely N-dealkylation sites (tertiary alicyclic amines) is 1. The van der Waals surface area contributed by atoms with Gasteiger partial charge in [-0.15, -0.1) is 11.3 Å². The third-order valence-corrected chi connectivity index (χ3v) is 6.64. The van der Waals surface area contributed by atoms with Gasteiger partial charge in [0.15, 0.2) is 5.76 Å². The molecule has 0 aliphatic carbocycles. The average molecular weight is 413 g/mol. The van der Waals surface area contributed by atoms with Gasteiger partial charge in [0.2, 0.25) is 0 Å². The third-order valence-electron chi connectivity index (χ3n) is 5.46. The number of thiophene rings is 1. The number of piperidine rings is 1. The molecule has 8 heteroatoms. The normalized spacial score (nSPS) is 15.1. The van der Waals surface area contributed by atoms with Gasteiger partial charge < -0.3 is 14.6 Å². The Morgan fingerprint density at radius 3 is 2.55 bits per heavy atom. The molecule has 4 rings (SSSR count). The van der Waals surface area contributed by atoms with Crippen LogP contribution in [0, 0.1) is 27.7 Å². The first kappa shape index (κ1) is 19.6. The number of carbonyl (C=O) groups excluding carboxylic acids is 2. The number of hydrogen-bond acceptors (Lipinski definition) is 6. The lowest BCUT2D eigenvalue weighted by atomic mass is 10.0. The van der Waals surface area contributed by atoms with Crippen molar-refractivity contribution in [2.75, 3.05) is 13.1 Å². The van der Waals surface area contributed by atoms with Gasteiger partial charge in [-0.1, -0.05) is 0 Å². The summed E-state index contributed by atoms with van der Waals surface area (Å²) in [6, 6.07) is 1.81. The summed E-state index contributed by atoms with van der Waals surface area (Å²) in [6.45, 7) is 8.86. The molecule has 3 aromatic heterocycles. The van der Waals surface area contributed by atoms with E-state index in [1.165, 1.54) is 17.6 Å². The number of furan rings is 1. The minimum atomic E-state index is -0.193. The number of nitrogens with zero attached hydrogens (tertiary/aromatic N) is 3. The Hall–Kier alpha value is -2.74. The number of nitrogens with one attached hydrogen (secondary N) is 1. The highest BCUT2D eigenvalue weighted by atomic mass is 32.1. The number of fused-ring (bicyclic) bond motifs is 1. The van der Waals surface area contributed by atoms with Crippen LogP contribution in [-0.2, 0) is 0 Å². The van der Waals surface area contributed by atoms with Crippen molar-refractivity contribution in [2.45, 2.75) is 46.6 Å². The minimum absolute atomic E-state index is 0.0363. The van der Waals surface area contributed by atoms with Gasteiger partial charge in [0.05, 0.1) is 11.1 Å². The highest BCUT2D eigenvalue weighted by Gasteiger charge is 2.28. The first-order chi connectivity index (χ1) is 13.8. The van der Waals surface area contributed by atoms with Crippen LogP contribution in [0.4, 0.5) is 0 Å². The molecular formula is C21H24N4O3S. The molecule has 1 N–H and O–H groups in total. The average Bonchev–Trinajstić information content (AvgIpc) is 3.25. The molecule has 7 nitrogen and oxygen atoms in total. The quantitative estimate of drug-likeness (QED) is 0.711. The summed E-state index contributed by atoms with van der Waals surface area (Å²) in [5.41, 5.74) is 2.69. The maximum Gasteiger partial charge on any atom is 0.287 e. The molecule has 0 radical (unpaired) electrons. The number of carbonyl (C=O) groups is 2. The maximum absolute atomic E-state index is 13.1. The van der Waals surface area contributed by atoms with Crippen LogP contribution in [0.5, 0.6) is 0 Å². The van der Waals surface area contributed by atoms with Gasteiger partial charge in [0.25, 0.3) is 11.8 Å². The number of rotatable bonds is 3. The van der Waals surface area contributed by atoms with Gasteiger partial charge in [0.1, 0.15) is 10.7 Å². The first-order valence-electron chi connectivity index (χ1n) is 9.73. The predicted octanol–water partition coefficient (Wildman–Crippen LogP) is 3.55. The number of amides is 2. The summed E-state index contributed by atoms with van der Waals surface area (Å²) in [5, 5.41) is 4.01. The van der Waals surface area contributed by atoms with Crippen LogP contribution in [-0.4, -0.2) is 45.8 Å². The SMILES string of the molecule is Cc1nc(C)c2c(C)c(C(=O)N3CCC(NC(=O)c4occc4C)CC3)sc2n1. The summed E-state index contributed by atoms with van der Waals surface area (Å²) in [5.74, 6) is 0.922. The van der Waals surface area contributed by atoms with Gasteiger partial charge in [-0.2, -0.15) is 0 Å². The van der Waals surface area contributed by atoms with Crippen LogP contribution >= 0.6 is 11.3 Å². The van der Waals surface area contributed by atoms with Crippen LogP contribution in [0.3, 0.4) is 0 Å². The van der Waals surface area contributed by atoms with Gasteiger partial charge in [-0.3, -0.25) is 9.59 Å². The first-order valence-corrected chi connectivity index (χ1v) is 10.6. The van der Waals surface area contributed by atoms with E-state index < -0.39 is 0 Å². The van der Waals surface area contributed by atoms with Crippen molar-refractivity contribution >= 4 is 33.4 Å². The Kier molecular flexibility index (Phi) is 5.12. The second-order valence-corrected chi connectivity index (χ2v) is 8.56. The van der Waals surface area contributed by atoms with Crippen LogP contribution in [0.15, 0.2) is 16.7 Å². The Balaban J connectivity index is 1.44. The predicted molar refractivity (Wildman–Crippen MR) is 111 cm³/mol. The second kappa shape index (κ2) is 7.59. The van der Waals surface area contributed by atoms with E-state index in [-0.39, 0.29) is 17.9 Å². The number of aromatic nitrogens is 2. The monoisotopic (exact) mass is 412 g/mol. The lowest BCUT2D eigenvalue weighted by Crippen LogP contribution is -2.46. The van der Waals surface area contributed by atoms with E-state index in [0.717, 1.165) is 50.6 Å². The molecule has 4 heterocycles. The molecule has 0 unspecified atom stereocenters. The Morgan fingerprint density at radius 1 is 1.17 bits per heavy atom. The van der Waals surface area contributed by atoms with Crippen LogP contribution in [0.25, 0.3) is 10.2 Å². The number of hydrogen-bond donors (Lipinski definition) is 1. The lowest BCUT2D eigenvalue weighted by molar-refractivity contribution is 0.0700. The summed E-state index contributed by atoms with van der Waals surface area (Å²) in [7, 11) is 0. The fourth-order valence-corrected chi connectivity index (χ4v) is 5.15. The van der Waals surface area contributed by atoms with Crippen molar-refractivity contribution in [3.8, 4) is 0 Å². The zero-order valence-corrected chi connectivity index (χ0v) is 17.9. The van der Waals surface area contributed by atoms with E-state index in [0.29, 0.717) is 18.8 Å². The molecule has 1 aliphatic rings. The molecule has 0 bridgehead atoms. The third kappa shape index (κ3) is 3.64. The highest BCUT2D eigenvalue weighted by molar-refractivity contribution is 7.20. The zero-order chi connectivity index (χ0) is 20.7. The zero-order valence-electron chi connectivity index (χ0n) is 17.0. The largest absolute Gasteiger partial charge is 0.459 e. The van der Waals surface area contributed by atoms with Gasteiger partial charge >= 0.3 is 0 Å². The summed E-state index contributed by atoms with van der Waals surface area (Å²) >= 11 is 1.44. The fourth-order valence-electron chi connectivity index (χ4n) is 3.90.